The lowest BCUT2D eigenvalue weighted by atomic mass is 9.78. The molecule has 10 heteroatoms. The molecule has 2 fully saturated rings. The maximum atomic E-state index is 12.5. The Labute approximate surface area is 153 Å². The van der Waals surface area contributed by atoms with Crippen molar-refractivity contribution in [2.75, 3.05) is 20.1 Å². The number of likely N-dealkylation sites (tertiary alicyclic amines) is 1. The summed E-state index contributed by atoms with van der Waals surface area (Å²) in [6, 6.07) is 0.405. The van der Waals surface area contributed by atoms with Crippen molar-refractivity contribution in [3.8, 4) is 0 Å². The van der Waals surface area contributed by atoms with Crippen LogP contribution < -0.4 is 10.2 Å². The number of carboxylic acids is 1. The van der Waals surface area contributed by atoms with E-state index in [-0.39, 0.29) is 25.9 Å². The van der Waals surface area contributed by atoms with Gasteiger partial charge in [0.1, 0.15) is 19.1 Å². The highest BCUT2D eigenvalue weighted by atomic mass is 32.7. The average Bonchev–Trinajstić information content (AvgIpc) is 2.65. The van der Waals surface area contributed by atoms with Crippen molar-refractivity contribution in [1.82, 2.24) is 15.1 Å². The SMILES string of the molecule is CNP(NC1CCCCC1)SOC(=O)C1(C(=O)O)CCN(C=O)CC1. The summed E-state index contributed by atoms with van der Waals surface area (Å²) >= 11 is 0.986. The first-order valence-electron chi connectivity index (χ1n) is 8.57. The molecular weight excluding hydrogens is 365 g/mol. The number of rotatable bonds is 8. The Morgan fingerprint density at radius 3 is 2.44 bits per heavy atom. The van der Waals surface area contributed by atoms with Crippen LogP contribution in [0.25, 0.3) is 0 Å². The molecule has 8 nitrogen and oxygen atoms in total. The fourth-order valence-corrected chi connectivity index (χ4v) is 5.55. The van der Waals surface area contributed by atoms with Gasteiger partial charge in [-0.3, -0.25) is 19.8 Å². The average molecular weight is 391 g/mol. The molecule has 0 aromatic rings. The minimum Gasteiger partial charge on any atom is -0.480 e. The van der Waals surface area contributed by atoms with Crippen LogP contribution in [0, 0.1) is 5.41 Å². The van der Waals surface area contributed by atoms with E-state index in [1.807, 2.05) is 0 Å². The highest BCUT2D eigenvalue weighted by Gasteiger charge is 2.50. The van der Waals surface area contributed by atoms with Crippen molar-refractivity contribution >= 4 is 37.4 Å². The molecule has 1 aliphatic heterocycles. The predicted octanol–water partition coefficient (Wildman–Crippen LogP) is 1.87. The van der Waals surface area contributed by atoms with Crippen LogP contribution >= 0.6 is 19.1 Å². The van der Waals surface area contributed by atoms with Crippen LogP contribution in [0.2, 0.25) is 0 Å². The third-order valence-corrected chi connectivity index (χ3v) is 7.81. The van der Waals surface area contributed by atoms with Gasteiger partial charge in [-0.25, -0.2) is 4.79 Å². The quantitative estimate of drug-likeness (QED) is 0.249. The summed E-state index contributed by atoms with van der Waals surface area (Å²) in [5, 5.41) is 16.1. The molecule has 3 N–H and O–H groups in total. The number of nitrogens with zero attached hydrogens (tertiary/aromatic N) is 1. The van der Waals surface area contributed by atoms with Crippen LogP contribution in [0.15, 0.2) is 0 Å². The number of piperidine rings is 1. The zero-order valence-electron chi connectivity index (χ0n) is 14.4. The van der Waals surface area contributed by atoms with Crippen molar-refractivity contribution in [2.24, 2.45) is 5.41 Å². The Bertz CT molecular complexity index is 482. The number of carbonyl (C=O) groups is 3. The maximum absolute atomic E-state index is 12.5. The molecular formula is C15H26N3O5PS. The Morgan fingerprint density at radius 2 is 1.92 bits per heavy atom. The molecule has 0 radical (unpaired) electrons. The molecule has 0 bridgehead atoms. The van der Waals surface area contributed by atoms with Crippen LogP contribution in [-0.4, -0.2) is 54.5 Å². The van der Waals surface area contributed by atoms with E-state index in [9.17, 15) is 19.5 Å². The van der Waals surface area contributed by atoms with E-state index in [1.54, 1.807) is 7.05 Å². The largest absolute Gasteiger partial charge is 0.480 e. The van der Waals surface area contributed by atoms with Gasteiger partial charge in [0, 0.05) is 19.1 Å². The van der Waals surface area contributed by atoms with Crippen molar-refractivity contribution in [3.63, 3.8) is 0 Å². The summed E-state index contributed by atoms with van der Waals surface area (Å²) in [7, 11) is 0.815. The van der Waals surface area contributed by atoms with Crippen LogP contribution in [0.1, 0.15) is 44.9 Å². The smallest absolute Gasteiger partial charge is 0.336 e. The molecule has 0 aromatic carbocycles. The number of carboxylic acid groups (broad SMARTS) is 1. The lowest BCUT2D eigenvalue weighted by molar-refractivity contribution is -0.166. The second-order valence-corrected chi connectivity index (χ2v) is 9.61. The van der Waals surface area contributed by atoms with Gasteiger partial charge in [-0.15, -0.1) is 0 Å². The summed E-state index contributed by atoms with van der Waals surface area (Å²) in [5.74, 6) is -1.92. The normalized spacial score (nSPS) is 22.2. The Kier molecular flexibility index (Phi) is 7.93. The van der Waals surface area contributed by atoms with Gasteiger partial charge in [-0.2, -0.15) is 0 Å². The Morgan fingerprint density at radius 1 is 1.28 bits per heavy atom. The van der Waals surface area contributed by atoms with Gasteiger partial charge in [0.2, 0.25) is 6.41 Å². The lowest BCUT2D eigenvalue weighted by Gasteiger charge is -2.35. The molecule has 2 rings (SSSR count). The van der Waals surface area contributed by atoms with Crippen molar-refractivity contribution < 1.29 is 23.7 Å². The molecule has 1 amide bonds. The summed E-state index contributed by atoms with van der Waals surface area (Å²) in [4.78, 5) is 36.5. The van der Waals surface area contributed by atoms with Gasteiger partial charge in [0.25, 0.3) is 0 Å². The van der Waals surface area contributed by atoms with Crippen molar-refractivity contribution in [3.05, 3.63) is 0 Å². The molecule has 1 heterocycles. The predicted molar refractivity (Wildman–Crippen MR) is 96.6 cm³/mol. The first-order valence-corrected chi connectivity index (χ1v) is 11.3. The van der Waals surface area contributed by atoms with Gasteiger partial charge < -0.3 is 14.2 Å². The Balaban J connectivity index is 1.89. The molecule has 0 spiro atoms. The molecule has 25 heavy (non-hydrogen) atoms. The van der Waals surface area contributed by atoms with E-state index in [0.29, 0.717) is 12.5 Å². The number of amides is 1. The third kappa shape index (κ3) is 5.29. The van der Waals surface area contributed by atoms with E-state index < -0.39 is 24.8 Å². The fraction of sp³-hybridized carbons (Fsp3) is 0.800. The standard InChI is InChI=1S/C15H26N3O5PS/c1-16-24(17-12-5-3-2-4-6-12)25-23-14(22)15(13(20)21)7-9-18(11-19)10-8-15/h11-12,16-17H,2-10H2,1H3,(H,20,21). The van der Waals surface area contributed by atoms with E-state index in [0.717, 1.165) is 24.5 Å². The zero-order chi connectivity index (χ0) is 18.3. The van der Waals surface area contributed by atoms with Crippen LogP contribution in [0.4, 0.5) is 0 Å². The van der Waals surface area contributed by atoms with Crippen LogP contribution in [-0.2, 0) is 18.6 Å². The first-order chi connectivity index (χ1) is 12.0. The number of carbonyl (C=O) groups excluding carboxylic acids is 2. The second-order valence-electron chi connectivity index (χ2n) is 6.46. The van der Waals surface area contributed by atoms with Gasteiger partial charge in [-0.05, 0) is 32.7 Å². The first kappa shape index (κ1) is 20.4. The minimum atomic E-state index is -1.56. The highest BCUT2D eigenvalue weighted by molar-refractivity contribution is 8.52. The summed E-state index contributed by atoms with van der Waals surface area (Å²) in [5.41, 5.74) is -1.56. The molecule has 1 saturated carbocycles. The van der Waals surface area contributed by atoms with Gasteiger partial charge >= 0.3 is 11.9 Å². The lowest BCUT2D eigenvalue weighted by Crippen LogP contribution is -2.49. The van der Waals surface area contributed by atoms with Gasteiger partial charge in [0.05, 0.1) is 0 Å². The highest BCUT2D eigenvalue weighted by Crippen LogP contribution is 2.46. The number of nitrogens with one attached hydrogen (secondary N) is 2. The van der Waals surface area contributed by atoms with Crippen molar-refractivity contribution in [2.45, 2.75) is 51.0 Å². The summed E-state index contributed by atoms with van der Waals surface area (Å²) in [6.07, 6.45) is 6.71. The Hall–Kier alpha value is -0.890. The summed E-state index contributed by atoms with van der Waals surface area (Å²) in [6.45, 7) is 0.493. The van der Waals surface area contributed by atoms with Gasteiger partial charge in [-0.1, -0.05) is 19.3 Å². The fourth-order valence-electron chi connectivity index (χ4n) is 3.19. The molecule has 1 unspecified atom stereocenters. The maximum Gasteiger partial charge on any atom is 0.336 e. The van der Waals surface area contributed by atoms with E-state index in [1.165, 1.54) is 24.2 Å². The van der Waals surface area contributed by atoms with E-state index >= 15 is 0 Å². The molecule has 1 saturated heterocycles. The van der Waals surface area contributed by atoms with E-state index in [4.69, 9.17) is 4.18 Å². The van der Waals surface area contributed by atoms with Crippen LogP contribution in [0.3, 0.4) is 0 Å². The molecule has 1 aliphatic carbocycles. The molecule has 142 valence electrons. The number of hydrogen-bond acceptors (Lipinski definition) is 7. The number of hydrogen-bond donors (Lipinski definition) is 3. The number of aliphatic carboxylic acids is 1. The van der Waals surface area contributed by atoms with Crippen LogP contribution in [0.5, 0.6) is 0 Å². The van der Waals surface area contributed by atoms with Crippen molar-refractivity contribution in [1.29, 1.82) is 0 Å². The summed E-state index contributed by atoms with van der Waals surface area (Å²) < 4.78 is 5.30. The zero-order valence-corrected chi connectivity index (χ0v) is 16.1. The topological polar surface area (TPSA) is 108 Å². The molecule has 2 aliphatic rings. The van der Waals surface area contributed by atoms with Gasteiger partial charge in [0.15, 0.2) is 5.41 Å². The molecule has 1 atom stereocenters. The van der Waals surface area contributed by atoms with E-state index in [2.05, 4.69) is 10.2 Å². The minimum absolute atomic E-state index is 0.0774. The second kappa shape index (κ2) is 9.71. The third-order valence-electron chi connectivity index (χ3n) is 4.90. The monoisotopic (exact) mass is 391 g/mol. The molecule has 0 aromatic heterocycles.